The topological polar surface area (TPSA) is 73.2 Å². The van der Waals surface area contributed by atoms with Gasteiger partial charge in [0.2, 0.25) is 0 Å². The summed E-state index contributed by atoms with van der Waals surface area (Å²) in [6.07, 6.45) is 0. The third kappa shape index (κ3) is 4.30. The largest absolute Gasteiger partial charge is 0.497 e. The molecule has 1 N–H and O–H groups in total. The predicted octanol–water partition coefficient (Wildman–Crippen LogP) is 3.06. The molecule has 2 aromatic heterocycles. The molecule has 3 aromatic rings. The summed E-state index contributed by atoms with van der Waals surface area (Å²) in [5.74, 6) is 0.528. The Morgan fingerprint density at radius 3 is 2.62 bits per heavy atom. The summed E-state index contributed by atoms with van der Waals surface area (Å²) >= 11 is 7.03. The van der Waals surface area contributed by atoms with Crippen LogP contribution < -0.4 is 15.6 Å². The van der Waals surface area contributed by atoms with Crippen molar-refractivity contribution in [1.82, 2.24) is 15.1 Å². The van der Waals surface area contributed by atoms with E-state index in [0.29, 0.717) is 14.9 Å². The van der Waals surface area contributed by atoms with Crippen LogP contribution in [0.1, 0.15) is 9.67 Å². The molecule has 26 heavy (non-hydrogen) atoms. The van der Waals surface area contributed by atoms with E-state index in [0.717, 1.165) is 11.3 Å². The summed E-state index contributed by atoms with van der Waals surface area (Å²) in [7, 11) is 1.60. The first kappa shape index (κ1) is 18.2. The summed E-state index contributed by atoms with van der Waals surface area (Å²) in [5.41, 5.74) is 1.32. The molecule has 1 amide bonds. The van der Waals surface area contributed by atoms with Crippen LogP contribution in [-0.4, -0.2) is 29.3 Å². The van der Waals surface area contributed by atoms with Gasteiger partial charge in [-0.25, -0.2) is 4.68 Å². The highest BCUT2D eigenvalue weighted by Gasteiger charge is 2.09. The van der Waals surface area contributed by atoms with Gasteiger partial charge in [-0.3, -0.25) is 9.59 Å². The fourth-order valence-electron chi connectivity index (χ4n) is 2.32. The van der Waals surface area contributed by atoms with Crippen molar-refractivity contribution >= 4 is 28.8 Å². The van der Waals surface area contributed by atoms with Crippen LogP contribution in [-0.2, 0) is 6.54 Å². The number of halogens is 1. The van der Waals surface area contributed by atoms with Gasteiger partial charge in [-0.15, -0.1) is 11.3 Å². The third-order valence-corrected chi connectivity index (χ3v) is 4.89. The summed E-state index contributed by atoms with van der Waals surface area (Å²) in [5, 5.41) is 7.12. The minimum absolute atomic E-state index is 0.221. The Bertz CT molecular complexity index is 966. The predicted molar refractivity (Wildman–Crippen MR) is 102 cm³/mol. The maximum atomic E-state index is 12.0. The zero-order valence-corrected chi connectivity index (χ0v) is 15.5. The van der Waals surface area contributed by atoms with Gasteiger partial charge in [0.1, 0.15) is 5.75 Å². The van der Waals surface area contributed by atoms with Crippen molar-refractivity contribution < 1.29 is 9.53 Å². The molecule has 2 heterocycles. The van der Waals surface area contributed by atoms with Crippen molar-refractivity contribution in [2.75, 3.05) is 13.7 Å². The number of aromatic nitrogens is 2. The maximum absolute atomic E-state index is 12.0. The molecule has 6 nitrogen and oxygen atoms in total. The Kier molecular flexibility index (Phi) is 5.70. The lowest BCUT2D eigenvalue weighted by atomic mass is 10.1. The number of hydrogen-bond acceptors (Lipinski definition) is 5. The molecule has 8 heteroatoms. The molecule has 3 rings (SSSR count). The van der Waals surface area contributed by atoms with Gasteiger partial charge in [-0.05, 0) is 42.5 Å². The van der Waals surface area contributed by atoms with Crippen LogP contribution in [0.25, 0.3) is 11.3 Å². The molecular formula is C18H16ClN3O3S. The second-order valence-electron chi connectivity index (χ2n) is 5.37. The van der Waals surface area contributed by atoms with Crippen molar-refractivity contribution in [2.45, 2.75) is 6.54 Å². The van der Waals surface area contributed by atoms with Crippen LogP contribution in [0.15, 0.2) is 53.3 Å². The average Bonchev–Trinajstić information content (AvgIpc) is 3.10. The lowest BCUT2D eigenvalue weighted by Gasteiger charge is -2.08. The van der Waals surface area contributed by atoms with E-state index >= 15 is 0 Å². The molecule has 0 spiro atoms. The lowest BCUT2D eigenvalue weighted by Crippen LogP contribution is -2.31. The molecule has 1 aromatic carbocycles. The molecule has 0 saturated carbocycles. The normalized spacial score (nSPS) is 10.5. The number of rotatable bonds is 6. The maximum Gasteiger partial charge on any atom is 0.266 e. The number of hydrogen-bond donors (Lipinski definition) is 1. The molecule has 0 aliphatic heterocycles. The van der Waals surface area contributed by atoms with Gasteiger partial charge in [0.15, 0.2) is 0 Å². The first-order chi connectivity index (χ1) is 12.6. The monoisotopic (exact) mass is 389 g/mol. The zero-order valence-electron chi connectivity index (χ0n) is 13.9. The molecule has 134 valence electrons. The van der Waals surface area contributed by atoms with E-state index in [4.69, 9.17) is 16.3 Å². The number of nitrogens with zero attached hydrogens (tertiary/aromatic N) is 2. The van der Waals surface area contributed by atoms with Crippen molar-refractivity contribution in [2.24, 2.45) is 0 Å². The molecule has 0 radical (unpaired) electrons. The standard InChI is InChI=1S/C18H16ClN3O3S/c1-25-13-4-2-12(3-5-13)14-6-9-17(23)22(21-14)11-10-20-18(24)15-7-8-16(19)26-15/h2-9H,10-11H2,1H3,(H,20,24). The van der Waals surface area contributed by atoms with Crippen LogP contribution in [0.3, 0.4) is 0 Å². The summed E-state index contributed by atoms with van der Waals surface area (Å²) in [4.78, 5) is 24.5. The van der Waals surface area contributed by atoms with Crippen LogP contribution in [0, 0.1) is 0 Å². The van der Waals surface area contributed by atoms with Crippen LogP contribution >= 0.6 is 22.9 Å². The van der Waals surface area contributed by atoms with Crippen LogP contribution in [0.5, 0.6) is 5.75 Å². The highest BCUT2D eigenvalue weighted by atomic mass is 35.5. The Morgan fingerprint density at radius 1 is 1.19 bits per heavy atom. The van der Waals surface area contributed by atoms with Gasteiger partial charge < -0.3 is 10.1 Å². The molecule has 0 saturated heterocycles. The number of ether oxygens (including phenoxy) is 1. The van der Waals surface area contributed by atoms with E-state index in [1.807, 2.05) is 24.3 Å². The summed E-state index contributed by atoms with van der Waals surface area (Å²) < 4.78 is 7.03. The Labute approximate surface area is 159 Å². The number of carbonyl (C=O) groups is 1. The second-order valence-corrected chi connectivity index (χ2v) is 7.08. The third-order valence-electron chi connectivity index (χ3n) is 3.66. The Balaban J connectivity index is 1.67. The molecular weight excluding hydrogens is 374 g/mol. The molecule has 0 bridgehead atoms. The molecule has 0 fully saturated rings. The number of benzene rings is 1. The minimum Gasteiger partial charge on any atom is -0.497 e. The zero-order chi connectivity index (χ0) is 18.5. The smallest absolute Gasteiger partial charge is 0.266 e. The summed E-state index contributed by atoms with van der Waals surface area (Å²) in [6.45, 7) is 0.557. The van der Waals surface area contributed by atoms with Gasteiger partial charge in [-0.2, -0.15) is 5.10 Å². The first-order valence-corrected chi connectivity index (χ1v) is 9.02. The number of methoxy groups -OCH3 is 1. The van der Waals surface area contributed by atoms with E-state index in [-0.39, 0.29) is 24.6 Å². The quantitative estimate of drug-likeness (QED) is 0.703. The fraction of sp³-hybridized carbons (Fsp3) is 0.167. The molecule has 0 atom stereocenters. The van der Waals surface area contributed by atoms with Crippen molar-refractivity contribution in [3.8, 4) is 17.0 Å². The van der Waals surface area contributed by atoms with Gasteiger partial charge in [-0.1, -0.05) is 11.6 Å². The van der Waals surface area contributed by atoms with E-state index < -0.39 is 0 Å². The second kappa shape index (κ2) is 8.16. The minimum atomic E-state index is -0.226. The van der Waals surface area contributed by atoms with Crippen molar-refractivity contribution in [3.63, 3.8) is 0 Å². The van der Waals surface area contributed by atoms with Gasteiger partial charge in [0.25, 0.3) is 11.5 Å². The Morgan fingerprint density at radius 2 is 1.96 bits per heavy atom. The van der Waals surface area contributed by atoms with Crippen molar-refractivity contribution in [3.05, 3.63) is 68.1 Å². The Hall–Kier alpha value is -2.64. The number of nitrogens with one attached hydrogen (secondary N) is 1. The lowest BCUT2D eigenvalue weighted by molar-refractivity contribution is 0.0956. The molecule has 0 aliphatic rings. The molecule has 0 unspecified atom stereocenters. The SMILES string of the molecule is COc1ccc(-c2ccc(=O)n(CCNC(=O)c3ccc(Cl)s3)n2)cc1. The number of thiophene rings is 1. The van der Waals surface area contributed by atoms with Gasteiger partial charge >= 0.3 is 0 Å². The van der Waals surface area contributed by atoms with Gasteiger partial charge in [0, 0.05) is 18.2 Å². The highest BCUT2D eigenvalue weighted by Crippen LogP contribution is 2.21. The summed E-state index contributed by atoms with van der Waals surface area (Å²) in [6, 6.07) is 13.9. The van der Waals surface area contributed by atoms with Gasteiger partial charge in [0.05, 0.1) is 28.6 Å². The fourth-order valence-corrected chi connectivity index (χ4v) is 3.28. The van der Waals surface area contributed by atoms with Crippen LogP contribution in [0.4, 0.5) is 0 Å². The number of amides is 1. The number of carbonyl (C=O) groups excluding carboxylic acids is 1. The van der Waals surface area contributed by atoms with Crippen molar-refractivity contribution in [1.29, 1.82) is 0 Å². The van der Waals surface area contributed by atoms with E-state index in [1.54, 1.807) is 25.3 Å². The average molecular weight is 390 g/mol. The van der Waals surface area contributed by atoms with E-state index in [2.05, 4.69) is 10.4 Å². The van der Waals surface area contributed by atoms with E-state index in [1.165, 1.54) is 22.1 Å². The van der Waals surface area contributed by atoms with E-state index in [9.17, 15) is 9.59 Å². The highest BCUT2D eigenvalue weighted by molar-refractivity contribution is 7.17. The van der Waals surface area contributed by atoms with Crippen LogP contribution in [0.2, 0.25) is 4.34 Å². The molecule has 0 aliphatic carbocycles. The first-order valence-electron chi connectivity index (χ1n) is 7.83.